The number of hydrogen-bond acceptors (Lipinski definition) is 4. The van der Waals surface area contributed by atoms with Crippen LogP contribution in [-0.2, 0) is 0 Å². The summed E-state index contributed by atoms with van der Waals surface area (Å²) in [6.45, 7) is 3.18. The molecule has 6 nitrogen and oxygen atoms in total. The normalized spacial score (nSPS) is 13.9. The molecule has 0 heterocycles. The van der Waals surface area contributed by atoms with E-state index in [1.54, 1.807) is 11.9 Å². The number of amides is 1. The first kappa shape index (κ1) is 15.6. The molecule has 1 aromatic rings. The maximum atomic E-state index is 12.5. The van der Waals surface area contributed by atoms with Crippen LogP contribution in [0.2, 0.25) is 5.02 Å². The van der Waals surface area contributed by atoms with E-state index in [9.17, 15) is 14.9 Å². The van der Waals surface area contributed by atoms with E-state index in [1.165, 1.54) is 12.1 Å². The fraction of sp³-hybridized carbons (Fsp3) is 0.500. The summed E-state index contributed by atoms with van der Waals surface area (Å²) in [5.41, 5.74) is 0.299. The molecular formula is C14H18ClN3O3. The average molecular weight is 312 g/mol. The minimum atomic E-state index is -0.536. The first-order chi connectivity index (χ1) is 9.97. The highest BCUT2D eigenvalue weighted by molar-refractivity contribution is 6.34. The molecule has 2 rings (SSSR count). The Morgan fingerprint density at radius 1 is 1.52 bits per heavy atom. The summed E-state index contributed by atoms with van der Waals surface area (Å²) in [4.78, 5) is 24.8. The molecule has 0 radical (unpaired) electrons. The Balaban J connectivity index is 2.33. The van der Waals surface area contributed by atoms with Crippen molar-refractivity contribution in [1.29, 1.82) is 0 Å². The SMILES string of the molecule is CCN(CC1CC1)C(=O)c1cc(Cl)c(NC)c([N+](=O)[O-])c1. The molecule has 1 aliphatic carbocycles. The summed E-state index contributed by atoms with van der Waals surface area (Å²) in [5, 5.41) is 14.0. The molecular weight excluding hydrogens is 294 g/mol. The standard InChI is InChI=1S/C14H18ClN3O3/c1-3-17(8-9-4-5-9)14(19)10-6-11(15)13(16-2)12(7-10)18(20)21/h6-7,9,16H,3-5,8H2,1-2H3. The molecule has 0 aromatic heterocycles. The highest BCUT2D eigenvalue weighted by Gasteiger charge is 2.28. The van der Waals surface area contributed by atoms with Crippen LogP contribution in [0, 0.1) is 16.0 Å². The zero-order valence-corrected chi connectivity index (χ0v) is 12.8. The number of rotatable bonds is 6. The highest BCUT2D eigenvalue weighted by Crippen LogP contribution is 2.34. The van der Waals surface area contributed by atoms with E-state index in [1.807, 2.05) is 6.92 Å². The highest BCUT2D eigenvalue weighted by atomic mass is 35.5. The average Bonchev–Trinajstić information content (AvgIpc) is 3.27. The second-order valence-electron chi connectivity index (χ2n) is 5.15. The van der Waals surface area contributed by atoms with E-state index in [4.69, 9.17) is 11.6 Å². The Morgan fingerprint density at radius 2 is 2.19 bits per heavy atom. The molecule has 1 aliphatic rings. The number of carbonyl (C=O) groups excluding carboxylic acids is 1. The number of anilines is 1. The van der Waals surface area contributed by atoms with Crippen molar-refractivity contribution in [3.63, 3.8) is 0 Å². The topological polar surface area (TPSA) is 75.5 Å². The van der Waals surface area contributed by atoms with Crippen molar-refractivity contribution in [2.45, 2.75) is 19.8 Å². The monoisotopic (exact) mass is 311 g/mol. The predicted molar refractivity (Wildman–Crippen MR) is 82.0 cm³/mol. The number of nitro benzene ring substituents is 1. The van der Waals surface area contributed by atoms with Gasteiger partial charge in [-0.15, -0.1) is 0 Å². The van der Waals surface area contributed by atoms with Crippen LogP contribution in [0.25, 0.3) is 0 Å². The van der Waals surface area contributed by atoms with Crippen molar-refractivity contribution in [3.8, 4) is 0 Å². The lowest BCUT2D eigenvalue weighted by Crippen LogP contribution is -2.32. The van der Waals surface area contributed by atoms with Gasteiger partial charge in [-0.2, -0.15) is 0 Å². The second kappa shape index (κ2) is 6.30. The van der Waals surface area contributed by atoms with E-state index in [-0.39, 0.29) is 27.9 Å². The van der Waals surface area contributed by atoms with Crippen molar-refractivity contribution in [2.24, 2.45) is 5.92 Å². The molecule has 1 aromatic carbocycles. The number of hydrogen-bond donors (Lipinski definition) is 1. The largest absolute Gasteiger partial charge is 0.381 e. The summed E-state index contributed by atoms with van der Waals surface area (Å²) in [5.74, 6) is 0.355. The third-order valence-corrected chi connectivity index (χ3v) is 3.91. The van der Waals surface area contributed by atoms with Gasteiger partial charge in [0.1, 0.15) is 5.69 Å². The lowest BCUT2D eigenvalue weighted by molar-refractivity contribution is -0.384. The van der Waals surface area contributed by atoms with Gasteiger partial charge in [-0.1, -0.05) is 11.6 Å². The van der Waals surface area contributed by atoms with Gasteiger partial charge in [0, 0.05) is 31.8 Å². The molecule has 0 spiro atoms. The molecule has 1 fully saturated rings. The van der Waals surface area contributed by atoms with Gasteiger partial charge < -0.3 is 10.2 Å². The Morgan fingerprint density at radius 3 is 2.67 bits per heavy atom. The molecule has 1 N–H and O–H groups in total. The van der Waals surface area contributed by atoms with Gasteiger partial charge in [0.15, 0.2) is 0 Å². The van der Waals surface area contributed by atoms with Crippen LogP contribution in [0.1, 0.15) is 30.1 Å². The maximum absolute atomic E-state index is 12.5. The molecule has 114 valence electrons. The Kier molecular flexibility index (Phi) is 4.67. The summed E-state index contributed by atoms with van der Waals surface area (Å²) >= 11 is 6.05. The van der Waals surface area contributed by atoms with E-state index < -0.39 is 4.92 Å². The lowest BCUT2D eigenvalue weighted by Gasteiger charge is -2.21. The van der Waals surface area contributed by atoms with E-state index in [0.717, 1.165) is 12.8 Å². The summed E-state index contributed by atoms with van der Waals surface area (Å²) in [6.07, 6.45) is 2.28. The van der Waals surface area contributed by atoms with Crippen molar-refractivity contribution in [2.75, 3.05) is 25.5 Å². The Labute approximate surface area is 128 Å². The fourth-order valence-electron chi connectivity index (χ4n) is 2.26. The number of nitrogens with one attached hydrogen (secondary N) is 1. The number of halogens is 1. The van der Waals surface area contributed by atoms with Crippen LogP contribution in [-0.4, -0.2) is 35.9 Å². The molecule has 0 saturated heterocycles. The van der Waals surface area contributed by atoms with E-state index in [2.05, 4.69) is 5.32 Å². The summed E-state index contributed by atoms with van der Waals surface area (Å²) in [6, 6.07) is 2.77. The maximum Gasteiger partial charge on any atom is 0.294 e. The third-order valence-electron chi connectivity index (χ3n) is 3.61. The molecule has 7 heteroatoms. The number of nitrogens with zero attached hydrogens (tertiary/aromatic N) is 2. The predicted octanol–water partition coefficient (Wildman–Crippen LogP) is 3.16. The zero-order chi connectivity index (χ0) is 15.6. The summed E-state index contributed by atoms with van der Waals surface area (Å²) < 4.78 is 0. The Hall–Kier alpha value is -1.82. The number of carbonyl (C=O) groups is 1. The van der Waals surface area contributed by atoms with Gasteiger partial charge in [-0.25, -0.2) is 0 Å². The van der Waals surface area contributed by atoms with Crippen LogP contribution in [0.15, 0.2) is 12.1 Å². The summed E-state index contributed by atoms with van der Waals surface area (Å²) in [7, 11) is 1.56. The van der Waals surface area contributed by atoms with Crippen LogP contribution < -0.4 is 5.32 Å². The van der Waals surface area contributed by atoms with Crippen molar-refractivity contribution < 1.29 is 9.72 Å². The van der Waals surface area contributed by atoms with Gasteiger partial charge in [0.2, 0.25) is 0 Å². The first-order valence-corrected chi connectivity index (χ1v) is 7.30. The van der Waals surface area contributed by atoms with E-state index in [0.29, 0.717) is 19.0 Å². The van der Waals surface area contributed by atoms with Gasteiger partial charge in [-0.3, -0.25) is 14.9 Å². The lowest BCUT2D eigenvalue weighted by atomic mass is 10.1. The smallest absolute Gasteiger partial charge is 0.294 e. The van der Waals surface area contributed by atoms with Crippen molar-refractivity contribution in [3.05, 3.63) is 32.8 Å². The molecule has 0 bridgehead atoms. The van der Waals surface area contributed by atoms with Crippen LogP contribution in [0.4, 0.5) is 11.4 Å². The van der Waals surface area contributed by atoms with E-state index >= 15 is 0 Å². The van der Waals surface area contributed by atoms with Crippen molar-refractivity contribution >= 4 is 28.9 Å². The molecule has 21 heavy (non-hydrogen) atoms. The quantitative estimate of drug-likeness (QED) is 0.647. The molecule has 1 amide bonds. The third kappa shape index (κ3) is 3.44. The fourth-order valence-corrected chi connectivity index (χ4v) is 2.57. The molecule has 0 unspecified atom stereocenters. The molecule has 0 atom stereocenters. The van der Waals surface area contributed by atoms with Gasteiger partial charge >= 0.3 is 0 Å². The van der Waals surface area contributed by atoms with Crippen molar-refractivity contribution in [1.82, 2.24) is 4.90 Å². The number of benzene rings is 1. The van der Waals surface area contributed by atoms with Crippen LogP contribution in [0.3, 0.4) is 0 Å². The van der Waals surface area contributed by atoms with Gasteiger partial charge in [0.05, 0.1) is 9.95 Å². The van der Waals surface area contributed by atoms with Crippen LogP contribution in [0.5, 0.6) is 0 Å². The molecule has 0 aliphatic heterocycles. The number of nitro groups is 1. The zero-order valence-electron chi connectivity index (χ0n) is 12.1. The van der Waals surface area contributed by atoms with Crippen LogP contribution >= 0.6 is 11.6 Å². The van der Waals surface area contributed by atoms with Gasteiger partial charge in [-0.05, 0) is 31.7 Å². The minimum absolute atomic E-state index is 0.178. The minimum Gasteiger partial charge on any atom is -0.381 e. The molecule has 1 saturated carbocycles. The first-order valence-electron chi connectivity index (χ1n) is 6.92. The Bertz CT molecular complexity index is 573. The van der Waals surface area contributed by atoms with Gasteiger partial charge in [0.25, 0.3) is 11.6 Å². The second-order valence-corrected chi connectivity index (χ2v) is 5.55.